The maximum Gasteiger partial charge on any atom is 0.141 e. The van der Waals surface area contributed by atoms with Crippen molar-refractivity contribution in [2.75, 3.05) is 7.05 Å². The highest BCUT2D eigenvalue weighted by molar-refractivity contribution is 5.16. The Morgan fingerprint density at radius 1 is 1.47 bits per heavy atom. The van der Waals surface area contributed by atoms with Gasteiger partial charge in [-0.05, 0) is 18.7 Å². The lowest BCUT2D eigenvalue weighted by atomic mass is 10.1. The average molecular weight is 235 g/mol. The van der Waals surface area contributed by atoms with E-state index in [1.54, 1.807) is 10.9 Å². The van der Waals surface area contributed by atoms with E-state index in [2.05, 4.69) is 20.4 Å². The Hall–Kier alpha value is -1.82. The minimum Gasteiger partial charge on any atom is -0.313 e. The van der Waals surface area contributed by atoms with Crippen LogP contribution in [0.15, 0.2) is 24.8 Å². The van der Waals surface area contributed by atoms with Crippen LogP contribution in [-0.2, 0) is 13.5 Å². The highest BCUT2D eigenvalue weighted by Gasteiger charge is 2.14. The van der Waals surface area contributed by atoms with E-state index in [0.717, 1.165) is 11.4 Å². The van der Waals surface area contributed by atoms with Gasteiger partial charge in [-0.2, -0.15) is 5.10 Å². The number of rotatable bonds is 4. The van der Waals surface area contributed by atoms with E-state index in [0.29, 0.717) is 6.42 Å². The minimum absolute atomic E-state index is 0.0268. The van der Waals surface area contributed by atoms with E-state index < -0.39 is 0 Å². The molecule has 6 heteroatoms. The van der Waals surface area contributed by atoms with Crippen LogP contribution in [0.1, 0.15) is 17.4 Å². The molecular formula is C11H14FN5. The second-order valence-electron chi connectivity index (χ2n) is 3.78. The Bertz CT molecular complexity index is 496. The standard InChI is InChI=1S/C11H14FN5/c1-13-10(4-11-15-7-16-17(11)2)8-3-9(12)6-14-5-8/h3,5-7,10,13H,4H2,1-2H3. The normalized spacial score (nSPS) is 12.6. The van der Waals surface area contributed by atoms with E-state index in [4.69, 9.17) is 0 Å². The second-order valence-corrected chi connectivity index (χ2v) is 3.78. The maximum atomic E-state index is 13.1. The number of pyridine rings is 1. The largest absolute Gasteiger partial charge is 0.313 e. The van der Waals surface area contributed by atoms with Crippen LogP contribution in [-0.4, -0.2) is 26.8 Å². The molecule has 1 atom stereocenters. The van der Waals surface area contributed by atoms with Gasteiger partial charge >= 0.3 is 0 Å². The van der Waals surface area contributed by atoms with Gasteiger partial charge < -0.3 is 5.32 Å². The zero-order chi connectivity index (χ0) is 12.3. The molecule has 5 nitrogen and oxygen atoms in total. The molecule has 0 saturated heterocycles. The highest BCUT2D eigenvalue weighted by atomic mass is 19.1. The summed E-state index contributed by atoms with van der Waals surface area (Å²) in [6, 6.07) is 1.45. The predicted octanol–water partition coefficient (Wildman–Crippen LogP) is 0.852. The zero-order valence-electron chi connectivity index (χ0n) is 9.76. The molecular weight excluding hydrogens is 221 g/mol. The summed E-state index contributed by atoms with van der Waals surface area (Å²) < 4.78 is 14.8. The molecule has 2 rings (SSSR count). The highest BCUT2D eigenvalue weighted by Crippen LogP contribution is 2.16. The average Bonchev–Trinajstić information content (AvgIpc) is 2.71. The number of halogens is 1. The molecule has 1 unspecified atom stereocenters. The van der Waals surface area contributed by atoms with Gasteiger partial charge in [-0.1, -0.05) is 0 Å². The molecule has 1 N–H and O–H groups in total. The van der Waals surface area contributed by atoms with Crippen molar-refractivity contribution >= 4 is 0 Å². The van der Waals surface area contributed by atoms with Crippen molar-refractivity contribution in [3.05, 3.63) is 42.0 Å². The summed E-state index contributed by atoms with van der Waals surface area (Å²) in [6.07, 6.45) is 4.99. The lowest BCUT2D eigenvalue weighted by Gasteiger charge is -2.15. The van der Waals surface area contributed by atoms with Gasteiger partial charge in [-0.3, -0.25) is 9.67 Å². The summed E-state index contributed by atoms with van der Waals surface area (Å²) in [5.41, 5.74) is 0.801. The summed E-state index contributed by atoms with van der Waals surface area (Å²) in [5.74, 6) is 0.509. The van der Waals surface area contributed by atoms with Gasteiger partial charge in [-0.15, -0.1) is 0 Å². The minimum atomic E-state index is -0.333. The molecule has 0 spiro atoms. The van der Waals surface area contributed by atoms with Gasteiger partial charge in [0.05, 0.1) is 6.20 Å². The van der Waals surface area contributed by atoms with Crippen molar-refractivity contribution in [3.63, 3.8) is 0 Å². The molecule has 0 aliphatic carbocycles. The van der Waals surface area contributed by atoms with E-state index in [1.165, 1.54) is 18.6 Å². The molecule has 0 bridgehead atoms. The van der Waals surface area contributed by atoms with E-state index >= 15 is 0 Å². The van der Waals surface area contributed by atoms with Crippen LogP contribution < -0.4 is 5.32 Å². The summed E-state index contributed by atoms with van der Waals surface area (Å²) in [5, 5.41) is 7.13. The summed E-state index contributed by atoms with van der Waals surface area (Å²) in [6.45, 7) is 0. The molecule has 17 heavy (non-hydrogen) atoms. The van der Waals surface area contributed by atoms with Crippen LogP contribution >= 0.6 is 0 Å². The molecule has 2 aromatic heterocycles. The molecule has 0 aliphatic heterocycles. The van der Waals surface area contributed by atoms with Crippen LogP contribution in [0.2, 0.25) is 0 Å². The first-order valence-corrected chi connectivity index (χ1v) is 5.31. The lowest BCUT2D eigenvalue weighted by Crippen LogP contribution is -2.21. The summed E-state index contributed by atoms with van der Waals surface area (Å²) >= 11 is 0. The monoisotopic (exact) mass is 235 g/mol. The Morgan fingerprint density at radius 3 is 2.88 bits per heavy atom. The van der Waals surface area contributed by atoms with Crippen LogP contribution in [0, 0.1) is 5.82 Å². The first-order chi connectivity index (χ1) is 8.20. The van der Waals surface area contributed by atoms with E-state index in [9.17, 15) is 4.39 Å². The molecule has 2 heterocycles. The summed E-state index contributed by atoms with van der Waals surface area (Å²) in [4.78, 5) is 8.00. The van der Waals surface area contributed by atoms with Crippen LogP contribution in [0.5, 0.6) is 0 Å². The van der Waals surface area contributed by atoms with Crippen LogP contribution in [0.25, 0.3) is 0 Å². The number of hydrogen-bond acceptors (Lipinski definition) is 4. The molecule has 0 saturated carbocycles. The SMILES string of the molecule is CNC(Cc1ncnn1C)c1cncc(F)c1. The van der Waals surface area contributed by atoms with Crippen molar-refractivity contribution < 1.29 is 4.39 Å². The maximum absolute atomic E-state index is 13.1. The molecule has 0 fully saturated rings. The third kappa shape index (κ3) is 2.65. The Morgan fingerprint density at radius 2 is 2.29 bits per heavy atom. The molecule has 2 aromatic rings. The van der Waals surface area contributed by atoms with Crippen molar-refractivity contribution in [2.45, 2.75) is 12.5 Å². The van der Waals surface area contributed by atoms with E-state index in [-0.39, 0.29) is 11.9 Å². The number of nitrogens with one attached hydrogen (secondary N) is 1. The van der Waals surface area contributed by atoms with Gasteiger partial charge in [0.15, 0.2) is 0 Å². The van der Waals surface area contributed by atoms with Crippen molar-refractivity contribution in [2.24, 2.45) is 7.05 Å². The smallest absolute Gasteiger partial charge is 0.141 e. The topological polar surface area (TPSA) is 55.6 Å². The van der Waals surface area contributed by atoms with Gasteiger partial charge in [0.25, 0.3) is 0 Å². The predicted molar refractivity (Wildman–Crippen MR) is 60.7 cm³/mol. The van der Waals surface area contributed by atoms with Gasteiger partial charge in [0.2, 0.25) is 0 Å². The lowest BCUT2D eigenvalue weighted by molar-refractivity contribution is 0.543. The van der Waals surface area contributed by atoms with Gasteiger partial charge in [0, 0.05) is 25.7 Å². The van der Waals surface area contributed by atoms with Crippen molar-refractivity contribution in [1.82, 2.24) is 25.1 Å². The van der Waals surface area contributed by atoms with Crippen LogP contribution in [0.4, 0.5) is 4.39 Å². The van der Waals surface area contributed by atoms with Gasteiger partial charge in [-0.25, -0.2) is 9.37 Å². The van der Waals surface area contributed by atoms with Gasteiger partial charge in [0.1, 0.15) is 18.0 Å². The number of aryl methyl sites for hydroxylation is 1. The zero-order valence-corrected chi connectivity index (χ0v) is 9.76. The Labute approximate surface area is 98.7 Å². The van der Waals surface area contributed by atoms with Crippen molar-refractivity contribution in [1.29, 1.82) is 0 Å². The molecule has 0 aromatic carbocycles. The number of nitrogens with zero attached hydrogens (tertiary/aromatic N) is 4. The number of likely N-dealkylation sites (N-methyl/N-ethyl adjacent to an activating group) is 1. The quantitative estimate of drug-likeness (QED) is 0.853. The second kappa shape index (κ2) is 5.01. The van der Waals surface area contributed by atoms with Crippen molar-refractivity contribution in [3.8, 4) is 0 Å². The fraction of sp³-hybridized carbons (Fsp3) is 0.364. The third-order valence-electron chi connectivity index (χ3n) is 2.67. The first kappa shape index (κ1) is 11.7. The Kier molecular flexibility index (Phi) is 3.43. The van der Waals surface area contributed by atoms with Crippen LogP contribution in [0.3, 0.4) is 0 Å². The molecule has 0 amide bonds. The molecule has 0 aliphatic rings. The number of aromatic nitrogens is 4. The molecule has 90 valence electrons. The fourth-order valence-corrected chi connectivity index (χ4v) is 1.69. The van der Waals surface area contributed by atoms with E-state index in [1.807, 2.05) is 14.1 Å². The number of hydrogen-bond donors (Lipinski definition) is 1. The first-order valence-electron chi connectivity index (χ1n) is 5.31. The fourth-order valence-electron chi connectivity index (χ4n) is 1.69. The molecule has 0 radical (unpaired) electrons. The Balaban J connectivity index is 2.20. The summed E-state index contributed by atoms with van der Waals surface area (Å²) in [7, 11) is 3.66. The third-order valence-corrected chi connectivity index (χ3v) is 2.67.